The Morgan fingerprint density at radius 1 is 0.947 bits per heavy atom. The number of amides is 1. The molecule has 0 fully saturated rings. The molecule has 112 valence electrons. The second kappa shape index (κ2) is 15.2. The van der Waals surface area contributed by atoms with Gasteiger partial charge in [0.25, 0.3) is 0 Å². The summed E-state index contributed by atoms with van der Waals surface area (Å²) >= 11 is 0. The van der Waals surface area contributed by atoms with E-state index in [4.69, 9.17) is 0 Å². The first-order valence-corrected chi connectivity index (χ1v) is 7.87. The number of carbonyl (C=O) groups excluding carboxylic acids is 1. The Labute approximate surface area is 119 Å². The van der Waals surface area contributed by atoms with Gasteiger partial charge in [-0.15, -0.1) is 0 Å². The molecule has 0 aliphatic carbocycles. The van der Waals surface area contributed by atoms with Gasteiger partial charge in [-0.2, -0.15) is 0 Å². The first kappa shape index (κ1) is 18.2. The molecule has 0 unspecified atom stereocenters. The molecule has 0 bridgehead atoms. The standard InChI is InChI=1S/C16H32N2O/c1-3-4-5-6-7-8-9-10-11-13-16(19)18-15-12-14-17-2/h4-5,17H,3,6-15H2,1-2H3,(H,18,19)/b5-4+. The number of nitrogens with one attached hydrogen (secondary N) is 2. The minimum Gasteiger partial charge on any atom is -0.356 e. The van der Waals surface area contributed by atoms with Crippen LogP contribution in [0.5, 0.6) is 0 Å². The summed E-state index contributed by atoms with van der Waals surface area (Å²) in [5, 5.41) is 6.02. The van der Waals surface area contributed by atoms with Crippen LogP contribution in [0.1, 0.15) is 64.7 Å². The van der Waals surface area contributed by atoms with Gasteiger partial charge in [-0.05, 0) is 45.7 Å². The van der Waals surface area contributed by atoms with Crippen LogP contribution < -0.4 is 10.6 Å². The smallest absolute Gasteiger partial charge is 0.219 e. The van der Waals surface area contributed by atoms with E-state index in [-0.39, 0.29) is 5.91 Å². The molecule has 3 nitrogen and oxygen atoms in total. The summed E-state index contributed by atoms with van der Waals surface area (Å²) < 4.78 is 0. The van der Waals surface area contributed by atoms with E-state index in [9.17, 15) is 4.79 Å². The third-order valence-corrected chi connectivity index (χ3v) is 3.10. The molecule has 0 aliphatic heterocycles. The van der Waals surface area contributed by atoms with Gasteiger partial charge < -0.3 is 10.6 Å². The maximum absolute atomic E-state index is 11.5. The number of allylic oxidation sites excluding steroid dienone is 2. The fraction of sp³-hybridized carbons (Fsp3) is 0.812. The van der Waals surface area contributed by atoms with Crippen LogP contribution in [0.25, 0.3) is 0 Å². The van der Waals surface area contributed by atoms with Crippen molar-refractivity contribution in [1.82, 2.24) is 10.6 Å². The average Bonchev–Trinajstić information content (AvgIpc) is 2.42. The SMILES string of the molecule is CC/C=C/CCCCCCCC(=O)NCCCNC. The van der Waals surface area contributed by atoms with E-state index < -0.39 is 0 Å². The fourth-order valence-corrected chi connectivity index (χ4v) is 1.94. The molecule has 0 aliphatic rings. The van der Waals surface area contributed by atoms with Crippen LogP contribution in [0, 0.1) is 0 Å². The second-order valence-electron chi connectivity index (χ2n) is 4.99. The summed E-state index contributed by atoms with van der Waals surface area (Å²) in [7, 11) is 1.93. The molecular weight excluding hydrogens is 236 g/mol. The van der Waals surface area contributed by atoms with Crippen molar-refractivity contribution in [3.63, 3.8) is 0 Å². The van der Waals surface area contributed by atoms with Crippen LogP contribution in [0.15, 0.2) is 12.2 Å². The maximum Gasteiger partial charge on any atom is 0.219 e. The average molecular weight is 268 g/mol. The Morgan fingerprint density at radius 2 is 1.68 bits per heavy atom. The van der Waals surface area contributed by atoms with Crippen molar-refractivity contribution in [2.24, 2.45) is 0 Å². The normalized spacial score (nSPS) is 11.1. The highest BCUT2D eigenvalue weighted by Crippen LogP contribution is 2.07. The number of carbonyl (C=O) groups is 1. The second-order valence-corrected chi connectivity index (χ2v) is 4.99. The van der Waals surface area contributed by atoms with Gasteiger partial charge >= 0.3 is 0 Å². The van der Waals surface area contributed by atoms with Crippen molar-refractivity contribution in [2.45, 2.75) is 64.7 Å². The highest BCUT2D eigenvalue weighted by Gasteiger charge is 1.99. The lowest BCUT2D eigenvalue weighted by molar-refractivity contribution is -0.121. The van der Waals surface area contributed by atoms with Crippen molar-refractivity contribution in [1.29, 1.82) is 0 Å². The van der Waals surface area contributed by atoms with Gasteiger partial charge in [0.05, 0.1) is 0 Å². The first-order chi connectivity index (χ1) is 9.31. The quantitative estimate of drug-likeness (QED) is 0.397. The molecule has 0 saturated heterocycles. The molecule has 0 aromatic heterocycles. The van der Waals surface area contributed by atoms with Crippen molar-refractivity contribution in [3.05, 3.63) is 12.2 Å². The predicted molar refractivity (Wildman–Crippen MR) is 83.3 cm³/mol. The largest absolute Gasteiger partial charge is 0.356 e. The Bertz CT molecular complexity index is 227. The molecule has 0 spiro atoms. The van der Waals surface area contributed by atoms with E-state index in [1.807, 2.05) is 7.05 Å². The first-order valence-electron chi connectivity index (χ1n) is 7.87. The Kier molecular flexibility index (Phi) is 14.6. The fourth-order valence-electron chi connectivity index (χ4n) is 1.94. The van der Waals surface area contributed by atoms with Crippen molar-refractivity contribution < 1.29 is 4.79 Å². The third kappa shape index (κ3) is 15.1. The summed E-state index contributed by atoms with van der Waals surface area (Å²) in [6.07, 6.45) is 14.6. The highest BCUT2D eigenvalue weighted by molar-refractivity contribution is 5.75. The highest BCUT2D eigenvalue weighted by atomic mass is 16.1. The van der Waals surface area contributed by atoms with Gasteiger partial charge in [0.2, 0.25) is 5.91 Å². The van der Waals surface area contributed by atoms with E-state index in [1.54, 1.807) is 0 Å². The zero-order valence-electron chi connectivity index (χ0n) is 12.8. The number of hydrogen-bond acceptors (Lipinski definition) is 2. The summed E-state index contributed by atoms with van der Waals surface area (Å²) in [5.41, 5.74) is 0. The molecule has 0 heterocycles. The van der Waals surface area contributed by atoms with Crippen molar-refractivity contribution in [3.8, 4) is 0 Å². The summed E-state index contributed by atoms with van der Waals surface area (Å²) in [5.74, 6) is 0.210. The van der Waals surface area contributed by atoms with E-state index in [0.29, 0.717) is 6.42 Å². The number of unbranched alkanes of at least 4 members (excludes halogenated alkanes) is 5. The van der Waals surface area contributed by atoms with Crippen LogP contribution in [0.4, 0.5) is 0 Å². The molecule has 3 heteroatoms. The van der Waals surface area contributed by atoms with Gasteiger partial charge in [-0.3, -0.25) is 4.79 Å². The zero-order chi connectivity index (χ0) is 14.2. The molecule has 0 saturated carbocycles. The molecule has 0 radical (unpaired) electrons. The molecule has 0 rings (SSSR count). The van der Waals surface area contributed by atoms with Gasteiger partial charge in [-0.1, -0.05) is 38.3 Å². The topological polar surface area (TPSA) is 41.1 Å². The van der Waals surface area contributed by atoms with E-state index in [0.717, 1.165) is 32.4 Å². The number of rotatable bonds is 13. The van der Waals surface area contributed by atoms with E-state index in [2.05, 4.69) is 29.7 Å². The molecule has 2 N–H and O–H groups in total. The Morgan fingerprint density at radius 3 is 2.42 bits per heavy atom. The van der Waals surface area contributed by atoms with Crippen LogP contribution >= 0.6 is 0 Å². The zero-order valence-corrected chi connectivity index (χ0v) is 12.8. The van der Waals surface area contributed by atoms with Crippen LogP contribution in [-0.2, 0) is 4.79 Å². The predicted octanol–water partition coefficient (Wildman–Crippen LogP) is 3.41. The number of hydrogen-bond donors (Lipinski definition) is 2. The van der Waals surface area contributed by atoms with Crippen molar-refractivity contribution in [2.75, 3.05) is 20.1 Å². The van der Waals surface area contributed by atoms with Crippen molar-refractivity contribution >= 4 is 5.91 Å². The molecule has 19 heavy (non-hydrogen) atoms. The lowest BCUT2D eigenvalue weighted by atomic mass is 10.1. The lowest BCUT2D eigenvalue weighted by Gasteiger charge is -2.04. The minimum absolute atomic E-state index is 0.210. The lowest BCUT2D eigenvalue weighted by Crippen LogP contribution is -2.26. The monoisotopic (exact) mass is 268 g/mol. The maximum atomic E-state index is 11.5. The molecule has 0 aromatic carbocycles. The van der Waals surface area contributed by atoms with Gasteiger partial charge in [0.1, 0.15) is 0 Å². The summed E-state index contributed by atoms with van der Waals surface area (Å²) in [4.78, 5) is 11.5. The molecule has 0 atom stereocenters. The Balaban J connectivity index is 3.16. The van der Waals surface area contributed by atoms with Gasteiger partial charge in [0.15, 0.2) is 0 Å². The molecular formula is C16H32N2O. The summed E-state index contributed by atoms with van der Waals surface area (Å²) in [6.45, 7) is 3.93. The summed E-state index contributed by atoms with van der Waals surface area (Å²) in [6, 6.07) is 0. The molecule has 0 aromatic rings. The van der Waals surface area contributed by atoms with E-state index >= 15 is 0 Å². The Hall–Kier alpha value is -0.830. The third-order valence-electron chi connectivity index (χ3n) is 3.10. The van der Waals surface area contributed by atoms with Gasteiger partial charge in [0, 0.05) is 13.0 Å². The van der Waals surface area contributed by atoms with Crippen LogP contribution in [0.3, 0.4) is 0 Å². The van der Waals surface area contributed by atoms with Crippen LogP contribution in [0.2, 0.25) is 0 Å². The van der Waals surface area contributed by atoms with Crippen LogP contribution in [-0.4, -0.2) is 26.0 Å². The minimum atomic E-state index is 0.210. The van der Waals surface area contributed by atoms with E-state index in [1.165, 1.54) is 32.1 Å². The van der Waals surface area contributed by atoms with Gasteiger partial charge in [-0.25, -0.2) is 0 Å². The molecule has 1 amide bonds.